The molecular weight excluding hydrogens is 252 g/mol. The van der Waals surface area contributed by atoms with E-state index in [1.54, 1.807) is 12.3 Å². The van der Waals surface area contributed by atoms with Gasteiger partial charge in [0.15, 0.2) is 0 Å². The van der Waals surface area contributed by atoms with E-state index in [9.17, 15) is 8.42 Å². The SMILES string of the molecule is O=S(=O)(CCc1ccccn1)NCC1(CO)CC1. The molecule has 1 aromatic rings. The third kappa shape index (κ3) is 3.76. The topological polar surface area (TPSA) is 79.3 Å². The van der Waals surface area contributed by atoms with Gasteiger partial charge in [0.1, 0.15) is 0 Å². The Labute approximate surface area is 107 Å². The summed E-state index contributed by atoms with van der Waals surface area (Å²) in [5.41, 5.74) is 0.573. The Kier molecular flexibility index (Phi) is 3.99. The van der Waals surface area contributed by atoms with Gasteiger partial charge in [-0.1, -0.05) is 6.07 Å². The van der Waals surface area contributed by atoms with E-state index in [1.165, 1.54) is 0 Å². The molecule has 0 aromatic carbocycles. The van der Waals surface area contributed by atoms with E-state index < -0.39 is 10.0 Å². The van der Waals surface area contributed by atoms with Gasteiger partial charge in [0.2, 0.25) is 10.0 Å². The monoisotopic (exact) mass is 270 g/mol. The molecule has 6 heteroatoms. The fraction of sp³-hybridized carbons (Fsp3) is 0.583. The fourth-order valence-electron chi connectivity index (χ4n) is 1.69. The van der Waals surface area contributed by atoms with Crippen molar-refractivity contribution in [3.8, 4) is 0 Å². The van der Waals surface area contributed by atoms with E-state index in [-0.39, 0.29) is 17.8 Å². The minimum absolute atomic E-state index is 0.0333. The molecule has 0 unspecified atom stereocenters. The van der Waals surface area contributed by atoms with Crippen LogP contribution in [0, 0.1) is 5.41 Å². The molecule has 0 saturated heterocycles. The zero-order chi connectivity index (χ0) is 13.1. The molecular formula is C12H18N2O3S. The molecule has 0 amide bonds. The summed E-state index contributed by atoms with van der Waals surface area (Å²) in [6, 6.07) is 5.45. The summed E-state index contributed by atoms with van der Waals surface area (Å²) in [6.45, 7) is 0.393. The second-order valence-electron chi connectivity index (χ2n) is 4.87. The average Bonchev–Trinajstić information content (AvgIpc) is 3.17. The van der Waals surface area contributed by atoms with Gasteiger partial charge in [-0.25, -0.2) is 13.1 Å². The second kappa shape index (κ2) is 5.34. The highest BCUT2D eigenvalue weighted by molar-refractivity contribution is 7.89. The van der Waals surface area contributed by atoms with Gasteiger partial charge in [0.05, 0.1) is 5.75 Å². The molecule has 1 heterocycles. The molecule has 0 atom stereocenters. The minimum atomic E-state index is -3.28. The summed E-state index contributed by atoms with van der Waals surface area (Å²) in [6.07, 6.45) is 3.85. The summed E-state index contributed by atoms with van der Waals surface area (Å²) in [7, 11) is -3.28. The second-order valence-corrected chi connectivity index (χ2v) is 6.80. The van der Waals surface area contributed by atoms with Gasteiger partial charge in [-0.05, 0) is 25.0 Å². The van der Waals surface area contributed by atoms with Crippen molar-refractivity contribution in [3.05, 3.63) is 30.1 Å². The van der Waals surface area contributed by atoms with Crippen molar-refractivity contribution >= 4 is 10.0 Å². The molecule has 1 aliphatic rings. The molecule has 1 saturated carbocycles. The summed E-state index contributed by atoms with van der Waals surface area (Å²) in [5, 5.41) is 9.12. The lowest BCUT2D eigenvalue weighted by molar-refractivity contribution is 0.213. The number of hydrogen-bond donors (Lipinski definition) is 2. The fourth-order valence-corrected chi connectivity index (χ4v) is 2.84. The van der Waals surface area contributed by atoms with Crippen LogP contribution in [0.3, 0.4) is 0 Å². The maximum absolute atomic E-state index is 11.8. The van der Waals surface area contributed by atoms with Crippen molar-refractivity contribution in [1.29, 1.82) is 0 Å². The predicted molar refractivity (Wildman–Crippen MR) is 68.5 cm³/mol. The number of aliphatic hydroxyl groups excluding tert-OH is 1. The Balaban J connectivity index is 1.81. The Bertz CT molecular complexity index is 483. The van der Waals surface area contributed by atoms with Crippen LogP contribution in [-0.2, 0) is 16.4 Å². The maximum Gasteiger partial charge on any atom is 0.211 e. The normalized spacial score (nSPS) is 17.6. The smallest absolute Gasteiger partial charge is 0.211 e. The number of aliphatic hydroxyl groups is 1. The van der Waals surface area contributed by atoms with Crippen LogP contribution >= 0.6 is 0 Å². The molecule has 0 aliphatic heterocycles. The lowest BCUT2D eigenvalue weighted by Gasteiger charge is -2.12. The number of aromatic nitrogens is 1. The van der Waals surface area contributed by atoms with Crippen molar-refractivity contribution in [3.63, 3.8) is 0 Å². The van der Waals surface area contributed by atoms with Gasteiger partial charge in [-0.15, -0.1) is 0 Å². The Morgan fingerprint density at radius 3 is 2.72 bits per heavy atom. The molecule has 0 spiro atoms. The molecule has 5 nitrogen and oxygen atoms in total. The van der Waals surface area contributed by atoms with E-state index in [0.29, 0.717) is 13.0 Å². The molecule has 100 valence electrons. The molecule has 0 bridgehead atoms. The van der Waals surface area contributed by atoms with E-state index in [4.69, 9.17) is 5.11 Å². The summed E-state index contributed by atoms with van der Waals surface area (Å²) < 4.78 is 26.1. The zero-order valence-electron chi connectivity index (χ0n) is 10.2. The first-order valence-corrected chi connectivity index (χ1v) is 7.69. The van der Waals surface area contributed by atoms with Gasteiger partial charge >= 0.3 is 0 Å². The van der Waals surface area contributed by atoms with E-state index in [1.807, 2.05) is 12.1 Å². The van der Waals surface area contributed by atoms with Gasteiger partial charge in [-0.3, -0.25) is 4.98 Å². The van der Waals surface area contributed by atoms with Crippen molar-refractivity contribution in [2.24, 2.45) is 5.41 Å². The highest BCUT2D eigenvalue weighted by Crippen LogP contribution is 2.44. The quantitative estimate of drug-likeness (QED) is 0.747. The third-order valence-electron chi connectivity index (χ3n) is 3.31. The number of pyridine rings is 1. The van der Waals surface area contributed by atoms with Gasteiger partial charge < -0.3 is 5.11 Å². The van der Waals surface area contributed by atoms with Crippen LogP contribution < -0.4 is 4.72 Å². The highest BCUT2D eigenvalue weighted by Gasteiger charge is 2.42. The first-order valence-electron chi connectivity index (χ1n) is 6.03. The maximum atomic E-state index is 11.8. The minimum Gasteiger partial charge on any atom is -0.396 e. The molecule has 18 heavy (non-hydrogen) atoms. The number of sulfonamides is 1. The van der Waals surface area contributed by atoms with Crippen LogP contribution in [0.4, 0.5) is 0 Å². The molecule has 1 aliphatic carbocycles. The standard InChI is InChI=1S/C12H18N2O3S/c15-10-12(5-6-12)9-14-18(16,17)8-4-11-3-1-2-7-13-11/h1-3,7,14-15H,4-6,8-10H2. The lowest BCUT2D eigenvalue weighted by Crippen LogP contribution is -2.34. The van der Waals surface area contributed by atoms with Crippen molar-refractivity contribution in [1.82, 2.24) is 9.71 Å². The van der Waals surface area contributed by atoms with Crippen LogP contribution in [0.15, 0.2) is 24.4 Å². The molecule has 2 rings (SSSR count). The van der Waals surface area contributed by atoms with E-state index >= 15 is 0 Å². The summed E-state index contributed by atoms with van der Waals surface area (Å²) in [4.78, 5) is 4.09. The number of rotatable bonds is 7. The number of nitrogens with zero attached hydrogens (tertiary/aromatic N) is 1. The average molecular weight is 270 g/mol. The van der Waals surface area contributed by atoms with Crippen LogP contribution in [0.25, 0.3) is 0 Å². The largest absolute Gasteiger partial charge is 0.396 e. The Hall–Kier alpha value is -0.980. The molecule has 1 aromatic heterocycles. The predicted octanol–water partition coefficient (Wildman–Crippen LogP) is 0.316. The van der Waals surface area contributed by atoms with E-state index in [0.717, 1.165) is 18.5 Å². The van der Waals surface area contributed by atoms with Crippen LogP contribution in [-0.4, -0.2) is 37.4 Å². The highest BCUT2D eigenvalue weighted by atomic mass is 32.2. The van der Waals surface area contributed by atoms with Crippen molar-refractivity contribution < 1.29 is 13.5 Å². The summed E-state index contributed by atoms with van der Waals surface area (Å²) >= 11 is 0. The van der Waals surface area contributed by atoms with Crippen LogP contribution in [0.1, 0.15) is 18.5 Å². The lowest BCUT2D eigenvalue weighted by atomic mass is 10.1. The van der Waals surface area contributed by atoms with Gasteiger partial charge in [0, 0.05) is 36.9 Å². The molecule has 2 N–H and O–H groups in total. The first kappa shape index (κ1) is 13.5. The van der Waals surface area contributed by atoms with Crippen LogP contribution in [0.5, 0.6) is 0 Å². The summed E-state index contributed by atoms with van der Waals surface area (Å²) in [5.74, 6) is 0.0333. The van der Waals surface area contributed by atoms with Crippen LogP contribution in [0.2, 0.25) is 0 Å². The Morgan fingerprint density at radius 1 is 1.39 bits per heavy atom. The van der Waals surface area contributed by atoms with Crippen molar-refractivity contribution in [2.75, 3.05) is 18.9 Å². The van der Waals surface area contributed by atoms with E-state index in [2.05, 4.69) is 9.71 Å². The number of nitrogens with one attached hydrogen (secondary N) is 1. The first-order chi connectivity index (χ1) is 8.55. The van der Waals surface area contributed by atoms with Gasteiger partial charge in [0.25, 0.3) is 0 Å². The molecule has 1 fully saturated rings. The number of hydrogen-bond acceptors (Lipinski definition) is 4. The van der Waals surface area contributed by atoms with Gasteiger partial charge in [-0.2, -0.15) is 0 Å². The van der Waals surface area contributed by atoms with Crippen molar-refractivity contribution in [2.45, 2.75) is 19.3 Å². The molecule has 0 radical (unpaired) electrons. The number of aryl methyl sites for hydroxylation is 1. The zero-order valence-corrected chi connectivity index (χ0v) is 11.0. The third-order valence-corrected chi connectivity index (χ3v) is 4.64. The Morgan fingerprint density at radius 2 is 2.17 bits per heavy atom.